The number of nitrogens with zero attached hydrogens (tertiary/aromatic N) is 1. The first-order valence-electron chi connectivity index (χ1n) is 8.70. The van der Waals surface area contributed by atoms with Crippen LogP contribution in [0.4, 0.5) is 5.69 Å². The molecule has 3 rings (SSSR count). The molecule has 0 radical (unpaired) electrons. The van der Waals surface area contributed by atoms with Gasteiger partial charge in [-0.1, -0.05) is 84.7 Å². The van der Waals surface area contributed by atoms with Crippen LogP contribution in [0.2, 0.25) is 0 Å². The van der Waals surface area contributed by atoms with Crippen molar-refractivity contribution in [1.82, 2.24) is 10.3 Å². The van der Waals surface area contributed by atoms with Gasteiger partial charge in [-0.15, -0.1) is 0 Å². The number of hydrogen-bond acceptors (Lipinski definition) is 5. The van der Waals surface area contributed by atoms with Crippen LogP contribution in [-0.2, 0) is 9.59 Å². The summed E-state index contributed by atoms with van der Waals surface area (Å²) in [7, 11) is 0. The summed E-state index contributed by atoms with van der Waals surface area (Å²) in [5.74, 6) is -0.387. The molecule has 1 fully saturated rings. The third-order valence-corrected chi connectivity index (χ3v) is 5.29. The molecule has 2 amide bonds. The molecule has 0 bridgehead atoms. The molecule has 0 saturated carbocycles. The number of hydrazine groups is 1. The van der Waals surface area contributed by atoms with Gasteiger partial charge >= 0.3 is 0 Å². The average Bonchev–Trinajstić information content (AvgIpc) is 2.99. The topological polar surface area (TPSA) is 61.4 Å². The van der Waals surface area contributed by atoms with Gasteiger partial charge in [-0.25, -0.2) is 0 Å². The van der Waals surface area contributed by atoms with E-state index in [4.69, 9.17) is 12.2 Å². The Kier molecular flexibility index (Phi) is 7.00. The van der Waals surface area contributed by atoms with E-state index in [1.54, 1.807) is 6.08 Å². The molecule has 0 spiro atoms. The van der Waals surface area contributed by atoms with Gasteiger partial charge in [-0.2, -0.15) is 0 Å². The van der Waals surface area contributed by atoms with E-state index in [-0.39, 0.29) is 24.8 Å². The minimum Gasteiger partial charge on any atom is -0.299 e. The number of nitrogens with one attached hydrogen (secondary N) is 2. The number of allylic oxidation sites excluding steroid dienone is 2. The van der Waals surface area contributed by atoms with Gasteiger partial charge < -0.3 is 0 Å². The quantitative estimate of drug-likeness (QED) is 0.412. The molecule has 1 aliphatic heterocycles. The number of carbonyl (C=O) groups is 2. The van der Waals surface area contributed by atoms with Gasteiger partial charge in [0, 0.05) is 13.0 Å². The number of benzene rings is 2. The summed E-state index contributed by atoms with van der Waals surface area (Å²) in [6.07, 6.45) is 5.66. The molecule has 0 aliphatic carbocycles. The number of rotatable bonds is 7. The highest BCUT2D eigenvalue weighted by molar-refractivity contribution is 8.26. The van der Waals surface area contributed by atoms with Gasteiger partial charge in [0.15, 0.2) is 0 Å². The van der Waals surface area contributed by atoms with E-state index >= 15 is 0 Å². The Bertz CT molecular complexity index is 912. The summed E-state index contributed by atoms with van der Waals surface area (Å²) in [5.41, 5.74) is 7.29. The lowest BCUT2D eigenvalue weighted by Crippen LogP contribution is -2.35. The molecule has 7 heteroatoms. The molecule has 2 aromatic rings. The van der Waals surface area contributed by atoms with E-state index in [0.29, 0.717) is 9.23 Å². The maximum absolute atomic E-state index is 12.5. The SMILES string of the molecule is O=C(CCN1C(=O)C(=CC=Cc2ccccc2)SC1=S)NNc1ccccc1. The molecular weight excluding hydrogens is 390 g/mol. The zero-order valence-electron chi connectivity index (χ0n) is 15.0. The van der Waals surface area contributed by atoms with E-state index < -0.39 is 0 Å². The summed E-state index contributed by atoms with van der Waals surface area (Å²) in [6.45, 7) is 0.243. The van der Waals surface area contributed by atoms with Crippen LogP contribution >= 0.6 is 24.0 Å². The van der Waals surface area contributed by atoms with Gasteiger partial charge in [-0.05, 0) is 23.8 Å². The fraction of sp³-hybridized carbons (Fsp3) is 0.0952. The van der Waals surface area contributed by atoms with Crippen molar-refractivity contribution in [3.05, 3.63) is 83.3 Å². The molecule has 142 valence electrons. The van der Waals surface area contributed by atoms with Crippen molar-refractivity contribution >= 4 is 51.9 Å². The van der Waals surface area contributed by atoms with Crippen molar-refractivity contribution < 1.29 is 9.59 Å². The minimum absolute atomic E-state index is 0.152. The molecule has 0 unspecified atom stereocenters. The standard InChI is InChI=1S/C21H19N3O2S2/c25-19(23-22-17-11-5-2-6-12-17)14-15-24-20(26)18(28-21(24)27)13-7-10-16-8-3-1-4-9-16/h1-13,22H,14-15H2,(H,23,25). The number of anilines is 1. The Balaban J connectivity index is 1.50. The average molecular weight is 410 g/mol. The highest BCUT2D eigenvalue weighted by Crippen LogP contribution is 2.31. The number of para-hydroxylation sites is 1. The van der Waals surface area contributed by atoms with Crippen molar-refractivity contribution in [2.45, 2.75) is 6.42 Å². The molecular formula is C21H19N3O2S2. The normalized spacial score (nSPS) is 15.4. The molecule has 1 aliphatic rings. The highest BCUT2D eigenvalue weighted by atomic mass is 32.2. The Labute approximate surface area is 173 Å². The number of thioether (sulfide) groups is 1. The van der Waals surface area contributed by atoms with Crippen LogP contribution in [0.1, 0.15) is 12.0 Å². The second kappa shape index (κ2) is 9.87. The molecule has 5 nitrogen and oxygen atoms in total. The zero-order valence-corrected chi connectivity index (χ0v) is 16.6. The molecule has 0 aromatic heterocycles. The number of carbonyl (C=O) groups excluding carboxylic acids is 2. The lowest BCUT2D eigenvalue weighted by atomic mass is 10.2. The van der Waals surface area contributed by atoms with E-state index in [9.17, 15) is 9.59 Å². The lowest BCUT2D eigenvalue weighted by Gasteiger charge is -2.14. The fourth-order valence-corrected chi connectivity index (χ4v) is 3.72. The molecule has 28 heavy (non-hydrogen) atoms. The van der Waals surface area contributed by atoms with Gasteiger partial charge in [0.2, 0.25) is 5.91 Å². The summed E-state index contributed by atoms with van der Waals surface area (Å²) < 4.78 is 0.466. The molecule has 2 aromatic carbocycles. The van der Waals surface area contributed by atoms with E-state index in [1.165, 1.54) is 16.7 Å². The van der Waals surface area contributed by atoms with Gasteiger partial charge in [0.1, 0.15) is 4.32 Å². The third-order valence-electron chi connectivity index (χ3n) is 3.89. The first-order valence-corrected chi connectivity index (χ1v) is 9.93. The van der Waals surface area contributed by atoms with Crippen molar-refractivity contribution in [2.24, 2.45) is 0 Å². The zero-order chi connectivity index (χ0) is 19.8. The summed E-state index contributed by atoms with van der Waals surface area (Å²) in [4.78, 5) is 26.5. The van der Waals surface area contributed by atoms with Crippen molar-refractivity contribution in [2.75, 3.05) is 12.0 Å². The predicted octanol–water partition coefficient (Wildman–Crippen LogP) is 3.98. The highest BCUT2D eigenvalue weighted by Gasteiger charge is 2.31. The smallest absolute Gasteiger partial charge is 0.266 e. The molecule has 0 atom stereocenters. The van der Waals surface area contributed by atoms with Crippen LogP contribution in [0.3, 0.4) is 0 Å². The van der Waals surface area contributed by atoms with Crippen LogP contribution in [-0.4, -0.2) is 27.6 Å². The number of thiocarbonyl (C=S) groups is 1. The maximum Gasteiger partial charge on any atom is 0.266 e. The molecule has 2 N–H and O–H groups in total. The minimum atomic E-state index is -0.217. The van der Waals surface area contributed by atoms with Crippen molar-refractivity contribution in [3.8, 4) is 0 Å². The lowest BCUT2D eigenvalue weighted by molar-refractivity contribution is -0.123. The Morgan fingerprint density at radius 3 is 2.46 bits per heavy atom. The molecule has 1 saturated heterocycles. The van der Waals surface area contributed by atoms with Crippen LogP contribution in [0.25, 0.3) is 6.08 Å². The van der Waals surface area contributed by atoms with Crippen LogP contribution in [0.5, 0.6) is 0 Å². The molecule has 1 heterocycles. The van der Waals surface area contributed by atoms with Crippen LogP contribution in [0, 0.1) is 0 Å². The maximum atomic E-state index is 12.5. The van der Waals surface area contributed by atoms with Gasteiger partial charge in [-0.3, -0.25) is 25.3 Å². The predicted molar refractivity (Wildman–Crippen MR) is 118 cm³/mol. The Hall–Kier alpha value is -2.90. The Morgan fingerprint density at radius 2 is 1.75 bits per heavy atom. The van der Waals surface area contributed by atoms with E-state index in [0.717, 1.165) is 11.3 Å². The second-order valence-corrected chi connectivity index (χ2v) is 7.59. The first kappa shape index (κ1) is 19.9. The van der Waals surface area contributed by atoms with Crippen molar-refractivity contribution in [1.29, 1.82) is 0 Å². The number of hydrogen-bond donors (Lipinski definition) is 2. The Morgan fingerprint density at radius 1 is 1.07 bits per heavy atom. The van der Waals surface area contributed by atoms with Crippen molar-refractivity contribution in [3.63, 3.8) is 0 Å². The summed E-state index contributed by atoms with van der Waals surface area (Å²) in [6, 6.07) is 19.1. The first-order chi connectivity index (χ1) is 13.6. The van der Waals surface area contributed by atoms with Gasteiger partial charge in [0.05, 0.1) is 10.6 Å². The largest absolute Gasteiger partial charge is 0.299 e. The van der Waals surface area contributed by atoms with Crippen LogP contribution < -0.4 is 10.9 Å². The number of amides is 2. The third kappa shape index (κ3) is 5.55. The van der Waals surface area contributed by atoms with Crippen LogP contribution in [0.15, 0.2) is 77.7 Å². The van der Waals surface area contributed by atoms with Gasteiger partial charge in [0.25, 0.3) is 5.91 Å². The second-order valence-electron chi connectivity index (χ2n) is 5.91. The summed E-state index contributed by atoms with van der Waals surface area (Å²) >= 11 is 6.54. The van der Waals surface area contributed by atoms with E-state index in [2.05, 4.69) is 10.9 Å². The summed E-state index contributed by atoms with van der Waals surface area (Å²) in [5, 5.41) is 0. The monoisotopic (exact) mass is 409 g/mol. The van der Waals surface area contributed by atoms with E-state index in [1.807, 2.05) is 72.8 Å². The fourth-order valence-electron chi connectivity index (χ4n) is 2.46.